The molecule has 0 aliphatic rings. The lowest BCUT2D eigenvalue weighted by Gasteiger charge is -1.92. The fraction of sp³-hybridized carbons (Fsp3) is 0.143. The molecule has 2 rings (SSSR count). The van der Waals surface area contributed by atoms with Gasteiger partial charge >= 0.3 is 5.69 Å². The van der Waals surface area contributed by atoms with Crippen molar-refractivity contribution in [1.29, 1.82) is 0 Å². The number of fused-ring (bicyclic) bond motifs is 1. The van der Waals surface area contributed by atoms with E-state index in [2.05, 4.69) is 15.0 Å². The summed E-state index contributed by atoms with van der Waals surface area (Å²) in [6.45, 7) is 0. The molecule has 0 atom stereocenters. The third-order valence-corrected chi connectivity index (χ3v) is 1.88. The number of carbonyl (C=O) groups excluding carboxylic acids is 1. The van der Waals surface area contributed by atoms with E-state index < -0.39 is 11.2 Å². The molecule has 7 heteroatoms. The van der Waals surface area contributed by atoms with Crippen LogP contribution in [0.15, 0.2) is 9.59 Å². The summed E-state index contributed by atoms with van der Waals surface area (Å²) >= 11 is 0. The van der Waals surface area contributed by atoms with Crippen molar-refractivity contribution in [3.8, 4) is 0 Å². The molecule has 0 saturated carbocycles. The van der Waals surface area contributed by atoms with Crippen molar-refractivity contribution in [2.75, 3.05) is 0 Å². The number of aromatic amines is 2. The molecule has 2 aromatic heterocycles. The molecule has 0 saturated heterocycles. The predicted octanol–water partition coefficient (Wildman–Crippen LogP) is -1.24. The Morgan fingerprint density at radius 2 is 2.07 bits per heavy atom. The molecular weight excluding hydrogens is 188 g/mol. The summed E-state index contributed by atoms with van der Waals surface area (Å²) in [6.07, 6.45) is 0.470. The molecule has 0 bridgehead atoms. The number of aromatic nitrogens is 4. The summed E-state index contributed by atoms with van der Waals surface area (Å²) < 4.78 is 0.898. The molecule has 2 N–H and O–H groups in total. The van der Waals surface area contributed by atoms with Gasteiger partial charge in [0.1, 0.15) is 5.52 Å². The Morgan fingerprint density at radius 1 is 1.36 bits per heavy atom. The molecule has 0 spiro atoms. The van der Waals surface area contributed by atoms with E-state index in [0.29, 0.717) is 6.29 Å². The lowest BCUT2D eigenvalue weighted by Crippen LogP contribution is -2.32. The molecule has 7 nitrogen and oxygen atoms in total. The number of rotatable bonds is 1. The van der Waals surface area contributed by atoms with E-state index in [1.165, 1.54) is 7.05 Å². The second-order valence-corrected chi connectivity index (χ2v) is 2.76. The maximum absolute atomic E-state index is 11.4. The molecule has 0 aliphatic heterocycles. The smallest absolute Gasteiger partial charge is 0.329 e. The van der Waals surface area contributed by atoms with Gasteiger partial charge in [-0.2, -0.15) is 0 Å². The first-order chi connectivity index (χ1) is 6.63. The monoisotopic (exact) mass is 194 g/mol. The Kier molecular flexibility index (Phi) is 1.60. The minimum absolute atomic E-state index is 0.0129. The topological polar surface area (TPSA) is 101 Å². The van der Waals surface area contributed by atoms with Gasteiger partial charge in [-0.05, 0) is 0 Å². The number of H-pyrrole nitrogens is 2. The average Bonchev–Trinajstić information content (AvgIpc) is 2.57. The molecule has 72 valence electrons. The molecular formula is C7H6N4O3. The average molecular weight is 194 g/mol. The summed E-state index contributed by atoms with van der Waals surface area (Å²) in [6, 6.07) is 0. The third kappa shape index (κ3) is 0.987. The van der Waals surface area contributed by atoms with Gasteiger partial charge in [-0.1, -0.05) is 0 Å². The molecule has 0 radical (unpaired) electrons. The maximum Gasteiger partial charge on any atom is 0.329 e. The van der Waals surface area contributed by atoms with Crippen LogP contribution in [-0.2, 0) is 7.05 Å². The fourth-order valence-corrected chi connectivity index (χ4v) is 1.14. The number of hydrogen-bond donors (Lipinski definition) is 2. The molecule has 14 heavy (non-hydrogen) atoms. The zero-order valence-corrected chi connectivity index (χ0v) is 7.20. The number of nitrogens with one attached hydrogen (secondary N) is 2. The minimum Gasteiger partial charge on any atom is -0.330 e. The summed E-state index contributed by atoms with van der Waals surface area (Å²) in [5, 5.41) is 0. The van der Waals surface area contributed by atoms with Crippen molar-refractivity contribution in [2.45, 2.75) is 0 Å². The molecule has 0 amide bonds. The van der Waals surface area contributed by atoms with Crippen LogP contribution in [0.3, 0.4) is 0 Å². The second kappa shape index (κ2) is 2.66. The van der Waals surface area contributed by atoms with Crippen LogP contribution < -0.4 is 11.2 Å². The van der Waals surface area contributed by atoms with E-state index in [4.69, 9.17) is 0 Å². The van der Waals surface area contributed by atoms with Gasteiger partial charge in [0.15, 0.2) is 17.8 Å². The second-order valence-electron chi connectivity index (χ2n) is 2.76. The SMILES string of the molecule is Cn1c(=O)[nH]c2nc(C=O)[nH]c2c1=O. The van der Waals surface area contributed by atoms with Gasteiger partial charge in [-0.3, -0.25) is 19.1 Å². The van der Waals surface area contributed by atoms with Gasteiger partial charge in [0, 0.05) is 7.05 Å². The van der Waals surface area contributed by atoms with Crippen LogP contribution in [0.4, 0.5) is 0 Å². The standard InChI is InChI=1S/C7H6N4O3/c1-11-6(13)4-5(10-7(11)14)9-3(2-12)8-4/h2H,1H3,(H,8,9)(H,10,14). The predicted molar refractivity (Wildman–Crippen MR) is 47.3 cm³/mol. The Bertz CT molecular complexity index is 618. The number of imidazole rings is 1. The van der Waals surface area contributed by atoms with Gasteiger partial charge in [0.2, 0.25) is 0 Å². The summed E-state index contributed by atoms with van der Waals surface area (Å²) in [4.78, 5) is 41.5. The van der Waals surface area contributed by atoms with Crippen molar-refractivity contribution in [3.63, 3.8) is 0 Å². The molecule has 2 heterocycles. The van der Waals surface area contributed by atoms with Crippen LogP contribution in [0, 0.1) is 0 Å². The highest BCUT2D eigenvalue weighted by Crippen LogP contribution is 1.98. The number of aldehydes is 1. The van der Waals surface area contributed by atoms with Gasteiger partial charge in [-0.15, -0.1) is 0 Å². The Morgan fingerprint density at radius 3 is 2.71 bits per heavy atom. The van der Waals surface area contributed by atoms with E-state index in [1.807, 2.05) is 0 Å². The molecule has 0 aliphatic carbocycles. The zero-order chi connectivity index (χ0) is 10.3. The number of carbonyl (C=O) groups is 1. The lowest BCUT2D eigenvalue weighted by molar-refractivity contribution is 0.111. The van der Waals surface area contributed by atoms with E-state index in [1.54, 1.807) is 0 Å². The Labute approximate surface area is 76.4 Å². The lowest BCUT2D eigenvalue weighted by atomic mass is 10.5. The van der Waals surface area contributed by atoms with Crippen LogP contribution in [-0.4, -0.2) is 25.8 Å². The summed E-state index contributed by atoms with van der Waals surface area (Å²) in [5.74, 6) is 0.0129. The first kappa shape index (κ1) is 8.42. The highest BCUT2D eigenvalue weighted by molar-refractivity contribution is 5.78. The van der Waals surface area contributed by atoms with Crippen molar-refractivity contribution < 1.29 is 4.79 Å². The highest BCUT2D eigenvalue weighted by Gasteiger charge is 2.08. The summed E-state index contributed by atoms with van der Waals surface area (Å²) in [7, 11) is 1.34. The summed E-state index contributed by atoms with van der Waals surface area (Å²) in [5.41, 5.74) is -0.856. The fourth-order valence-electron chi connectivity index (χ4n) is 1.14. The largest absolute Gasteiger partial charge is 0.330 e. The number of nitrogens with zero attached hydrogens (tertiary/aromatic N) is 2. The molecule has 0 fully saturated rings. The Hall–Kier alpha value is -2.18. The van der Waals surface area contributed by atoms with Crippen LogP contribution in [0.5, 0.6) is 0 Å². The van der Waals surface area contributed by atoms with Crippen molar-refractivity contribution in [2.24, 2.45) is 7.05 Å². The van der Waals surface area contributed by atoms with Gasteiger partial charge in [0.25, 0.3) is 5.56 Å². The van der Waals surface area contributed by atoms with Gasteiger partial charge in [-0.25, -0.2) is 9.78 Å². The van der Waals surface area contributed by atoms with E-state index in [-0.39, 0.29) is 17.0 Å². The Balaban J connectivity index is 3.02. The third-order valence-electron chi connectivity index (χ3n) is 1.88. The molecule has 0 unspecified atom stereocenters. The van der Waals surface area contributed by atoms with Crippen molar-refractivity contribution in [1.82, 2.24) is 19.5 Å². The minimum atomic E-state index is -0.563. The van der Waals surface area contributed by atoms with Crippen LogP contribution >= 0.6 is 0 Å². The van der Waals surface area contributed by atoms with Crippen molar-refractivity contribution >= 4 is 17.5 Å². The highest BCUT2D eigenvalue weighted by atomic mass is 16.2. The number of hydrogen-bond acceptors (Lipinski definition) is 4. The quantitative estimate of drug-likeness (QED) is 0.554. The van der Waals surface area contributed by atoms with Crippen LogP contribution in [0.25, 0.3) is 11.2 Å². The first-order valence-corrected chi connectivity index (χ1v) is 3.77. The van der Waals surface area contributed by atoms with E-state index in [9.17, 15) is 14.4 Å². The van der Waals surface area contributed by atoms with Gasteiger partial charge in [0.05, 0.1) is 0 Å². The normalized spacial score (nSPS) is 10.6. The molecule has 2 aromatic rings. The van der Waals surface area contributed by atoms with Gasteiger partial charge < -0.3 is 4.98 Å². The maximum atomic E-state index is 11.4. The van der Waals surface area contributed by atoms with Crippen molar-refractivity contribution in [3.05, 3.63) is 26.7 Å². The van der Waals surface area contributed by atoms with E-state index in [0.717, 1.165) is 4.57 Å². The van der Waals surface area contributed by atoms with Crippen LogP contribution in [0.1, 0.15) is 10.6 Å². The van der Waals surface area contributed by atoms with E-state index >= 15 is 0 Å². The molecule has 0 aromatic carbocycles. The van der Waals surface area contributed by atoms with Crippen LogP contribution in [0.2, 0.25) is 0 Å². The zero-order valence-electron chi connectivity index (χ0n) is 7.20. The first-order valence-electron chi connectivity index (χ1n) is 3.77.